The van der Waals surface area contributed by atoms with Crippen molar-refractivity contribution in [1.29, 1.82) is 0 Å². The normalized spacial score (nSPS) is 24.5. The first kappa shape index (κ1) is 14.9. The predicted octanol–water partition coefficient (Wildman–Crippen LogP) is 2.71. The molecule has 1 atom stereocenters. The van der Waals surface area contributed by atoms with Crippen LogP contribution >= 0.6 is 0 Å². The van der Waals surface area contributed by atoms with Crippen LogP contribution in [0, 0.1) is 11.3 Å². The molecule has 4 nitrogen and oxygen atoms in total. The number of carbonyl (C=O) groups is 3. The number of benzene rings is 1. The third kappa shape index (κ3) is 2.58. The smallest absolute Gasteiger partial charge is 0.234 e. The average molecular weight is 299 g/mol. The first-order valence-electron chi connectivity index (χ1n) is 8.01. The van der Waals surface area contributed by atoms with Crippen molar-refractivity contribution in [1.82, 2.24) is 4.90 Å². The molecule has 116 valence electrons. The fourth-order valence-corrected chi connectivity index (χ4v) is 3.82. The van der Waals surface area contributed by atoms with E-state index in [9.17, 15) is 14.4 Å². The number of rotatable bonds is 4. The average Bonchev–Trinajstić information content (AvgIpc) is 2.85. The number of imide groups is 1. The van der Waals surface area contributed by atoms with Crippen molar-refractivity contribution in [2.75, 3.05) is 0 Å². The van der Waals surface area contributed by atoms with Crippen molar-refractivity contribution < 1.29 is 14.4 Å². The van der Waals surface area contributed by atoms with Crippen molar-refractivity contribution in [3.05, 3.63) is 35.9 Å². The summed E-state index contributed by atoms with van der Waals surface area (Å²) in [6.07, 6.45) is 5.65. The summed E-state index contributed by atoms with van der Waals surface area (Å²) >= 11 is 0. The highest BCUT2D eigenvalue weighted by Gasteiger charge is 2.51. The first-order chi connectivity index (χ1) is 10.7. The highest BCUT2D eigenvalue weighted by Crippen LogP contribution is 2.45. The Bertz CT molecular complexity index is 575. The lowest BCUT2D eigenvalue weighted by molar-refractivity contribution is -0.143. The lowest BCUT2D eigenvalue weighted by atomic mass is 9.66. The van der Waals surface area contributed by atoms with Gasteiger partial charge in [0.15, 0.2) is 0 Å². The van der Waals surface area contributed by atoms with E-state index in [2.05, 4.69) is 0 Å². The van der Waals surface area contributed by atoms with Crippen LogP contribution in [-0.4, -0.2) is 23.0 Å². The number of hydrogen-bond acceptors (Lipinski definition) is 3. The summed E-state index contributed by atoms with van der Waals surface area (Å²) in [5, 5.41) is 0. The molecule has 1 aromatic rings. The summed E-state index contributed by atoms with van der Waals surface area (Å²) in [6.45, 7) is 0.309. The van der Waals surface area contributed by atoms with Crippen LogP contribution in [0.4, 0.5) is 0 Å². The summed E-state index contributed by atoms with van der Waals surface area (Å²) in [4.78, 5) is 38.1. The van der Waals surface area contributed by atoms with Gasteiger partial charge in [0.25, 0.3) is 0 Å². The fourth-order valence-electron chi connectivity index (χ4n) is 3.82. The van der Waals surface area contributed by atoms with Crippen LogP contribution in [0.2, 0.25) is 0 Å². The number of nitrogens with zero attached hydrogens (tertiary/aromatic N) is 1. The molecule has 1 aromatic carbocycles. The maximum Gasteiger partial charge on any atom is 0.234 e. The fraction of sp³-hybridized carbons (Fsp3) is 0.500. The molecule has 2 aliphatic rings. The Morgan fingerprint density at radius 3 is 2.41 bits per heavy atom. The Labute approximate surface area is 130 Å². The van der Waals surface area contributed by atoms with E-state index in [0.717, 1.165) is 44.0 Å². The Morgan fingerprint density at radius 1 is 1.09 bits per heavy atom. The van der Waals surface area contributed by atoms with Gasteiger partial charge in [-0.05, 0) is 18.4 Å². The lowest BCUT2D eigenvalue weighted by Crippen LogP contribution is -2.40. The van der Waals surface area contributed by atoms with E-state index in [1.807, 2.05) is 30.3 Å². The number of amides is 2. The maximum atomic E-state index is 12.7. The van der Waals surface area contributed by atoms with E-state index in [1.165, 1.54) is 4.90 Å². The molecule has 0 aromatic heterocycles. The van der Waals surface area contributed by atoms with Gasteiger partial charge in [0.05, 0.1) is 12.5 Å². The molecule has 0 spiro atoms. The van der Waals surface area contributed by atoms with Gasteiger partial charge in [-0.15, -0.1) is 0 Å². The van der Waals surface area contributed by atoms with E-state index < -0.39 is 11.3 Å². The highest BCUT2D eigenvalue weighted by atomic mass is 16.2. The van der Waals surface area contributed by atoms with E-state index in [0.29, 0.717) is 6.54 Å². The molecule has 22 heavy (non-hydrogen) atoms. The second-order valence-electron chi connectivity index (χ2n) is 6.47. The molecule has 1 saturated carbocycles. The second kappa shape index (κ2) is 6.03. The molecule has 1 heterocycles. The molecule has 0 unspecified atom stereocenters. The van der Waals surface area contributed by atoms with Crippen LogP contribution in [0.1, 0.15) is 44.1 Å². The van der Waals surface area contributed by atoms with E-state index in [-0.39, 0.29) is 18.2 Å². The third-order valence-electron chi connectivity index (χ3n) is 5.14. The van der Waals surface area contributed by atoms with Crippen LogP contribution in [0.5, 0.6) is 0 Å². The van der Waals surface area contributed by atoms with Gasteiger partial charge in [-0.2, -0.15) is 0 Å². The summed E-state index contributed by atoms with van der Waals surface area (Å²) in [5.41, 5.74) is 0.324. The summed E-state index contributed by atoms with van der Waals surface area (Å²) < 4.78 is 0. The molecule has 1 aliphatic heterocycles. The van der Waals surface area contributed by atoms with Gasteiger partial charge in [-0.25, -0.2) is 0 Å². The van der Waals surface area contributed by atoms with Crippen molar-refractivity contribution in [3.63, 3.8) is 0 Å². The molecule has 4 heteroatoms. The lowest BCUT2D eigenvalue weighted by Gasteiger charge is -2.35. The van der Waals surface area contributed by atoms with Gasteiger partial charge in [-0.3, -0.25) is 14.5 Å². The van der Waals surface area contributed by atoms with Crippen molar-refractivity contribution in [3.8, 4) is 0 Å². The molecule has 1 saturated heterocycles. The monoisotopic (exact) mass is 299 g/mol. The molecular weight excluding hydrogens is 278 g/mol. The van der Waals surface area contributed by atoms with Gasteiger partial charge in [0, 0.05) is 11.8 Å². The van der Waals surface area contributed by atoms with Gasteiger partial charge >= 0.3 is 0 Å². The summed E-state index contributed by atoms with van der Waals surface area (Å²) in [5.74, 6) is -0.769. The second-order valence-corrected chi connectivity index (χ2v) is 6.47. The standard InChI is InChI=1S/C18H21NO3/c20-13-18(9-5-2-6-10-18)15-11-16(21)19(17(15)22)12-14-7-3-1-4-8-14/h1,3-4,7-8,13,15H,2,5-6,9-12H2/t15-/m1/s1. The van der Waals surface area contributed by atoms with Gasteiger partial charge in [0.1, 0.15) is 6.29 Å². The van der Waals surface area contributed by atoms with Gasteiger partial charge < -0.3 is 4.79 Å². The predicted molar refractivity (Wildman–Crippen MR) is 81.7 cm³/mol. The van der Waals surface area contributed by atoms with Crippen molar-refractivity contribution in [2.45, 2.75) is 45.1 Å². The summed E-state index contributed by atoms with van der Waals surface area (Å²) in [6, 6.07) is 9.51. The molecule has 1 aliphatic carbocycles. The molecule has 0 N–H and O–H groups in total. The maximum absolute atomic E-state index is 12.7. The number of aldehydes is 1. The molecule has 0 bridgehead atoms. The number of likely N-dealkylation sites (tertiary alicyclic amines) is 1. The van der Waals surface area contributed by atoms with E-state index >= 15 is 0 Å². The van der Waals surface area contributed by atoms with Crippen LogP contribution < -0.4 is 0 Å². The largest absolute Gasteiger partial charge is 0.303 e. The molecular formula is C18H21NO3. The molecule has 3 rings (SSSR count). The van der Waals surface area contributed by atoms with Crippen LogP contribution in [0.3, 0.4) is 0 Å². The molecule has 0 radical (unpaired) electrons. The van der Waals surface area contributed by atoms with Crippen LogP contribution in [-0.2, 0) is 20.9 Å². The molecule has 2 amide bonds. The SMILES string of the molecule is O=CC1([C@@H]2CC(=O)N(Cc3ccccc3)C2=O)CCCCC1. The van der Waals surface area contributed by atoms with Crippen molar-refractivity contribution >= 4 is 18.1 Å². The van der Waals surface area contributed by atoms with Crippen LogP contribution in [0.25, 0.3) is 0 Å². The topological polar surface area (TPSA) is 54.5 Å². The Kier molecular flexibility index (Phi) is 4.10. The highest BCUT2D eigenvalue weighted by molar-refractivity contribution is 6.05. The Morgan fingerprint density at radius 2 is 1.77 bits per heavy atom. The quantitative estimate of drug-likeness (QED) is 0.634. The number of hydrogen-bond donors (Lipinski definition) is 0. The van der Waals surface area contributed by atoms with Gasteiger partial charge in [-0.1, -0.05) is 49.6 Å². The van der Waals surface area contributed by atoms with Crippen molar-refractivity contribution in [2.24, 2.45) is 11.3 Å². The minimum Gasteiger partial charge on any atom is -0.303 e. The van der Waals surface area contributed by atoms with Crippen LogP contribution in [0.15, 0.2) is 30.3 Å². The Balaban J connectivity index is 1.80. The summed E-state index contributed by atoms with van der Waals surface area (Å²) in [7, 11) is 0. The van der Waals surface area contributed by atoms with E-state index in [1.54, 1.807) is 0 Å². The van der Waals surface area contributed by atoms with Gasteiger partial charge in [0.2, 0.25) is 11.8 Å². The first-order valence-corrected chi connectivity index (χ1v) is 8.01. The minimum absolute atomic E-state index is 0.148. The van der Waals surface area contributed by atoms with E-state index in [4.69, 9.17) is 0 Å². The number of carbonyl (C=O) groups excluding carboxylic acids is 3. The third-order valence-corrected chi connectivity index (χ3v) is 5.14. The molecule has 2 fully saturated rings. The zero-order chi connectivity index (χ0) is 15.6. The zero-order valence-electron chi connectivity index (χ0n) is 12.7. The Hall–Kier alpha value is -1.97. The zero-order valence-corrected chi connectivity index (χ0v) is 12.7. The minimum atomic E-state index is -0.615.